The van der Waals surface area contributed by atoms with Crippen molar-refractivity contribution in [1.82, 2.24) is 29.1 Å². The van der Waals surface area contributed by atoms with Crippen molar-refractivity contribution in [2.75, 3.05) is 0 Å². The third-order valence-electron chi connectivity index (χ3n) is 4.55. The van der Waals surface area contributed by atoms with Crippen LogP contribution in [0.4, 0.5) is 0 Å². The second-order valence-electron chi connectivity index (χ2n) is 5.99. The van der Waals surface area contributed by atoms with Gasteiger partial charge in [0.1, 0.15) is 5.82 Å². The summed E-state index contributed by atoms with van der Waals surface area (Å²) in [6.07, 6.45) is 10.8. The van der Waals surface area contributed by atoms with Gasteiger partial charge in [-0.05, 0) is 12.8 Å². The molecule has 0 unspecified atom stereocenters. The van der Waals surface area contributed by atoms with Gasteiger partial charge in [0, 0.05) is 12.3 Å². The zero-order valence-electron chi connectivity index (χ0n) is 13.0. The number of terminal acetylenes is 1. The van der Waals surface area contributed by atoms with E-state index in [0.29, 0.717) is 22.9 Å². The molecule has 0 bridgehead atoms. The van der Waals surface area contributed by atoms with Crippen molar-refractivity contribution in [1.29, 1.82) is 0 Å². The quantitative estimate of drug-likeness (QED) is 0.745. The standard InChI is InChI=1S/C16H18N6O/c1-3-9-21-15(23)12-14(18-11(4-2)17-12)22-16(21)19-13(20-22)10-7-5-6-8-10/h1,10H,4-9H2,2H3,(H,17,18). The first-order valence-electron chi connectivity index (χ1n) is 8.04. The van der Waals surface area contributed by atoms with Crippen LogP contribution in [0.2, 0.25) is 0 Å². The lowest BCUT2D eigenvalue weighted by Crippen LogP contribution is -2.23. The predicted octanol–water partition coefficient (Wildman–Crippen LogP) is 1.62. The van der Waals surface area contributed by atoms with Crippen LogP contribution in [0.25, 0.3) is 16.9 Å². The zero-order valence-corrected chi connectivity index (χ0v) is 13.0. The molecule has 3 heterocycles. The monoisotopic (exact) mass is 310 g/mol. The molecule has 1 saturated carbocycles. The molecule has 1 aliphatic carbocycles. The first-order chi connectivity index (χ1) is 11.2. The maximum atomic E-state index is 12.7. The highest BCUT2D eigenvalue weighted by molar-refractivity contribution is 5.72. The highest BCUT2D eigenvalue weighted by atomic mass is 16.1. The normalized spacial score (nSPS) is 15.7. The minimum absolute atomic E-state index is 0.168. The van der Waals surface area contributed by atoms with Crippen molar-refractivity contribution in [3.8, 4) is 12.3 Å². The van der Waals surface area contributed by atoms with Crippen LogP contribution in [-0.2, 0) is 13.0 Å². The number of nitrogens with one attached hydrogen (secondary N) is 1. The van der Waals surface area contributed by atoms with E-state index in [1.165, 1.54) is 17.4 Å². The molecule has 0 radical (unpaired) electrons. The molecule has 7 nitrogen and oxygen atoms in total. The van der Waals surface area contributed by atoms with E-state index in [-0.39, 0.29) is 12.1 Å². The van der Waals surface area contributed by atoms with Crippen LogP contribution in [0.5, 0.6) is 0 Å². The summed E-state index contributed by atoms with van der Waals surface area (Å²) in [7, 11) is 0. The van der Waals surface area contributed by atoms with Gasteiger partial charge in [-0.25, -0.2) is 4.98 Å². The van der Waals surface area contributed by atoms with Crippen LogP contribution in [-0.4, -0.2) is 29.1 Å². The predicted molar refractivity (Wildman–Crippen MR) is 86.3 cm³/mol. The summed E-state index contributed by atoms with van der Waals surface area (Å²) in [4.78, 5) is 24.9. The van der Waals surface area contributed by atoms with E-state index in [4.69, 9.17) is 6.42 Å². The highest BCUT2D eigenvalue weighted by Crippen LogP contribution is 2.32. The summed E-state index contributed by atoms with van der Waals surface area (Å²) in [5, 5.41) is 4.65. The van der Waals surface area contributed by atoms with E-state index in [0.717, 1.165) is 30.9 Å². The minimum atomic E-state index is -0.192. The molecule has 7 heteroatoms. The molecular formula is C16H18N6O. The topological polar surface area (TPSA) is 80.9 Å². The van der Waals surface area contributed by atoms with Crippen LogP contribution < -0.4 is 5.56 Å². The minimum Gasteiger partial charge on any atom is -0.336 e. The SMILES string of the molecule is C#CCn1c(=O)c2[nH]c(CC)nc2n2nc(C3CCCC3)nc12. The number of H-pyrrole nitrogens is 1. The number of fused-ring (bicyclic) bond motifs is 3. The molecule has 0 saturated heterocycles. The van der Waals surface area contributed by atoms with Gasteiger partial charge in [-0.15, -0.1) is 11.5 Å². The van der Waals surface area contributed by atoms with Crippen molar-refractivity contribution >= 4 is 16.9 Å². The molecule has 0 aromatic carbocycles. The maximum absolute atomic E-state index is 12.7. The Kier molecular flexibility index (Phi) is 3.18. The molecule has 1 N–H and O–H groups in total. The van der Waals surface area contributed by atoms with E-state index >= 15 is 0 Å². The van der Waals surface area contributed by atoms with Crippen LogP contribution in [0.15, 0.2) is 4.79 Å². The molecule has 118 valence electrons. The van der Waals surface area contributed by atoms with E-state index in [2.05, 4.69) is 26.0 Å². The molecule has 3 aromatic heterocycles. The number of rotatable bonds is 3. The molecular weight excluding hydrogens is 292 g/mol. The van der Waals surface area contributed by atoms with Crippen molar-refractivity contribution in [2.45, 2.75) is 51.5 Å². The number of aromatic nitrogens is 6. The fourth-order valence-corrected chi connectivity index (χ4v) is 3.33. The Morgan fingerprint density at radius 2 is 2.13 bits per heavy atom. The first kappa shape index (κ1) is 14.0. The van der Waals surface area contributed by atoms with Crippen molar-refractivity contribution in [2.24, 2.45) is 0 Å². The number of hydrogen-bond acceptors (Lipinski definition) is 4. The summed E-state index contributed by atoms with van der Waals surface area (Å²) >= 11 is 0. The molecule has 0 amide bonds. The Morgan fingerprint density at radius 3 is 2.83 bits per heavy atom. The molecule has 3 aromatic rings. The second-order valence-corrected chi connectivity index (χ2v) is 5.99. The molecule has 1 fully saturated rings. The zero-order chi connectivity index (χ0) is 16.0. The Labute approximate surface area is 132 Å². The summed E-state index contributed by atoms with van der Waals surface area (Å²) in [6.45, 7) is 2.15. The van der Waals surface area contributed by atoms with Gasteiger partial charge in [0.2, 0.25) is 5.78 Å². The molecule has 23 heavy (non-hydrogen) atoms. The fourth-order valence-electron chi connectivity index (χ4n) is 3.33. The summed E-state index contributed by atoms with van der Waals surface area (Å²) in [6, 6.07) is 0. The lowest BCUT2D eigenvalue weighted by atomic mass is 10.1. The third-order valence-corrected chi connectivity index (χ3v) is 4.55. The van der Waals surface area contributed by atoms with Crippen LogP contribution in [0.1, 0.15) is 50.2 Å². The van der Waals surface area contributed by atoms with Crippen LogP contribution >= 0.6 is 0 Å². The number of nitrogens with zero attached hydrogens (tertiary/aromatic N) is 5. The van der Waals surface area contributed by atoms with Gasteiger partial charge in [-0.3, -0.25) is 9.36 Å². The van der Waals surface area contributed by atoms with Gasteiger partial charge in [0.05, 0.1) is 6.54 Å². The first-order valence-corrected chi connectivity index (χ1v) is 8.04. The van der Waals surface area contributed by atoms with Gasteiger partial charge >= 0.3 is 0 Å². The molecule has 0 atom stereocenters. The van der Waals surface area contributed by atoms with Crippen LogP contribution in [0, 0.1) is 12.3 Å². The maximum Gasteiger partial charge on any atom is 0.281 e. The second kappa shape index (κ2) is 5.23. The van der Waals surface area contributed by atoms with E-state index in [1.54, 1.807) is 4.52 Å². The van der Waals surface area contributed by atoms with Crippen molar-refractivity contribution in [3.05, 3.63) is 22.0 Å². The van der Waals surface area contributed by atoms with Gasteiger partial charge in [-0.2, -0.15) is 9.50 Å². The molecule has 0 spiro atoms. The average molecular weight is 310 g/mol. The Hall–Kier alpha value is -2.62. The van der Waals surface area contributed by atoms with Crippen molar-refractivity contribution < 1.29 is 0 Å². The molecule has 1 aliphatic rings. The molecule has 4 rings (SSSR count). The molecule has 0 aliphatic heterocycles. The van der Waals surface area contributed by atoms with Gasteiger partial charge < -0.3 is 4.98 Å². The summed E-state index contributed by atoms with van der Waals surface area (Å²) < 4.78 is 3.16. The van der Waals surface area contributed by atoms with Gasteiger partial charge in [0.25, 0.3) is 5.56 Å². The number of hydrogen-bond donors (Lipinski definition) is 1. The Bertz CT molecular complexity index is 980. The Balaban J connectivity index is 2.05. The smallest absolute Gasteiger partial charge is 0.281 e. The number of aromatic amines is 1. The number of aryl methyl sites for hydroxylation is 1. The average Bonchev–Trinajstić information content (AvgIpc) is 3.28. The fraction of sp³-hybridized carbons (Fsp3) is 0.500. The van der Waals surface area contributed by atoms with Crippen LogP contribution in [0.3, 0.4) is 0 Å². The summed E-state index contributed by atoms with van der Waals surface area (Å²) in [5.41, 5.74) is 0.780. The number of imidazole rings is 1. The lowest BCUT2D eigenvalue weighted by molar-refractivity contribution is 0.667. The van der Waals surface area contributed by atoms with E-state index < -0.39 is 0 Å². The third kappa shape index (κ3) is 2.05. The van der Waals surface area contributed by atoms with Gasteiger partial charge in [-0.1, -0.05) is 25.7 Å². The van der Waals surface area contributed by atoms with Crippen molar-refractivity contribution in [3.63, 3.8) is 0 Å². The Morgan fingerprint density at radius 1 is 1.35 bits per heavy atom. The highest BCUT2D eigenvalue weighted by Gasteiger charge is 2.24. The van der Waals surface area contributed by atoms with E-state index in [9.17, 15) is 4.79 Å². The largest absolute Gasteiger partial charge is 0.336 e. The van der Waals surface area contributed by atoms with E-state index in [1.807, 2.05) is 6.92 Å². The summed E-state index contributed by atoms with van der Waals surface area (Å²) in [5.74, 6) is 4.93. The lowest BCUT2D eigenvalue weighted by Gasteiger charge is -2.02. The van der Waals surface area contributed by atoms with Gasteiger partial charge in [0.15, 0.2) is 17.0 Å².